The lowest BCUT2D eigenvalue weighted by Gasteiger charge is -2.26. The molecule has 0 aromatic rings. The Balaban J connectivity index is 5.33. The lowest BCUT2D eigenvalue weighted by atomic mass is 9.87. The van der Waals surface area contributed by atoms with Crippen molar-refractivity contribution < 1.29 is 38.1 Å². The van der Waals surface area contributed by atoms with E-state index in [1.807, 2.05) is 0 Å². The first-order valence-corrected chi connectivity index (χ1v) is 6.94. The van der Waals surface area contributed by atoms with Gasteiger partial charge in [-0.3, -0.25) is 14.4 Å². The van der Waals surface area contributed by atoms with Crippen molar-refractivity contribution in [3.63, 3.8) is 0 Å². The molecule has 0 radical (unpaired) electrons. The SMILES string of the molecule is CCOCC(=O)N[C@H](C(=O)OC)[C@H](C)C(C(=O)OC)C(=O)OC. The van der Waals surface area contributed by atoms with Crippen molar-refractivity contribution >= 4 is 23.8 Å². The predicted octanol–water partition coefficient (Wildman–Crippen LogP) is -0.721. The Kier molecular flexibility index (Phi) is 9.56. The number of nitrogens with one attached hydrogen (secondary N) is 1. The average molecular weight is 333 g/mol. The van der Waals surface area contributed by atoms with E-state index < -0.39 is 41.7 Å². The summed E-state index contributed by atoms with van der Waals surface area (Å²) in [5, 5.41) is 2.39. The first kappa shape index (κ1) is 20.8. The number of methoxy groups -OCH3 is 3. The Morgan fingerprint density at radius 1 is 0.913 bits per heavy atom. The quantitative estimate of drug-likeness (QED) is 0.334. The first-order valence-electron chi connectivity index (χ1n) is 6.94. The molecular weight excluding hydrogens is 310 g/mol. The summed E-state index contributed by atoms with van der Waals surface area (Å²) < 4.78 is 18.7. The van der Waals surface area contributed by atoms with Crippen molar-refractivity contribution in [2.45, 2.75) is 19.9 Å². The number of ether oxygens (including phenoxy) is 4. The van der Waals surface area contributed by atoms with Crippen LogP contribution in [0.1, 0.15) is 13.8 Å². The van der Waals surface area contributed by atoms with Gasteiger partial charge in [0, 0.05) is 12.5 Å². The van der Waals surface area contributed by atoms with Gasteiger partial charge in [-0.1, -0.05) is 6.92 Å². The maximum atomic E-state index is 11.9. The average Bonchev–Trinajstić information content (AvgIpc) is 2.56. The van der Waals surface area contributed by atoms with E-state index in [1.165, 1.54) is 6.92 Å². The molecule has 0 unspecified atom stereocenters. The standard InChI is InChI=1S/C14H23NO8/c1-6-23-7-9(16)15-11(14(19)22-5)8(2)10(12(17)20-3)13(18)21-4/h8,10-11H,6-7H2,1-5H3,(H,15,16)/t8-,11+/m1/s1. The predicted molar refractivity (Wildman–Crippen MR) is 77.1 cm³/mol. The number of hydrogen-bond donors (Lipinski definition) is 1. The smallest absolute Gasteiger partial charge is 0.328 e. The molecule has 0 aliphatic carbocycles. The van der Waals surface area contributed by atoms with Crippen LogP contribution in [0, 0.1) is 11.8 Å². The van der Waals surface area contributed by atoms with Crippen molar-refractivity contribution in [3.8, 4) is 0 Å². The van der Waals surface area contributed by atoms with E-state index in [0.717, 1.165) is 21.3 Å². The highest BCUT2D eigenvalue weighted by atomic mass is 16.5. The molecule has 132 valence electrons. The minimum absolute atomic E-state index is 0.266. The van der Waals surface area contributed by atoms with Gasteiger partial charge >= 0.3 is 17.9 Å². The second-order valence-electron chi connectivity index (χ2n) is 4.59. The van der Waals surface area contributed by atoms with Crippen LogP contribution in [-0.4, -0.2) is 64.4 Å². The monoisotopic (exact) mass is 333 g/mol. The summed E-state index contributed by atoms with van der Waals surface area (Å²) in [6, 6.07) is -1.24. The number of amides is 1. The molecule has 0 aromatic carbocycles. The lowest BCUT2D eigenvalue weighted by Crippen LogP contribution is -2.51. The van der Waals surface area contributed by atoms with Crippen LogP contribution in [0.5, 0.6) is 0 Å². The van der Waals surface area contributed by atoms with E-state index in [2.05, 4.69) is 19.5 Å². The Morgan fingerprint density at radius 2 is 1.39 bits per heavy atom. The van der Waals surface area contributed by atoms with Crippen LogP contribution in [0.15, 0.2) is 0 Å². The van der Waals surface area contributed by atoms with Crippen LogP contribution in [0.4, 0.5) is 0 Å². The lowest BCUT2D eigenvalue weighted by molar-refractivity contribution is -0.163. The Hall–Kier alpha value is -2.16. The molecule has 9 nitrogen and oxygen atoms in total. The third kappa shape index (κ3) is 6.23. The van der Waals surface area contributed by atoms with Crippen molar-refractivity contribution in [1.29, 1.82) is 0 Å². The zero-order valence-electron chi connectivity index (χ0n) is 13.9. The van der Waals surface area contributed by atoms with Gasteiger partial charge in [0.25, 0.3) is 0 Å². The maximum Gasteiger partial charge on any atom is 0.328 e. The molecule has 0 fully saturated rings. The topological polar surface area (TPSA) is 117 Å². The molecule has 1 amide bonds. The zero-order valence-corrected chi connectivity index (χ0v) is 13.9. The molecule has 0 spiro atoms. The van der Waals surface area contributed by atoms with Crippen LogP contribution in [0.2, 0.25) is 0 Å². The zero-order chi connectivity index (χ0) is 18.0. The highest BCUT2D eigenvalue weighted by Crippen LogP contribution is 2.20. The summed E-state index contributed by atoms with van der Waals surface area (Å²) in [4.78, 5) is 47.3. The minimum Gasteiger partial charge on any atom is -0.468 e. The summed E-state index contributed by atoms with van der Waals surface area (Å²) >= 11 is 0. The van der Waals surface area contributed by atoms with Crippen LogP contribution < -0.4 is 5.32 Å². The number of esters is 3. The summed E-state index contributed by atoms with van der Waals surface area (Å²) in [5.74, 6) is -5.48. The third-order valence-corrected chi connectivity index (χ3v) is 3.17. The van der Waals surface area contributed by atoms with Gasteiger partial charge in [-0.05, 0) is 6.92 Å². The normalized spacial score (nSPS) is 13.0. The van der Waals surface area contributed by atoms with Gasteiger partial charge in [0.2, 0.25) is 5.91 Å². The van der Waals surface area contributed by atoms with E-state index in [0.29, 0.717) is 6.61 Å². The molecule has 0 rings (SSSR count). The first-order chi connectivity index (χ1) is 10.8. The van der Waals surface area contributed by atoms with E-state index in [9.17, 15) is 19.2 Å². The van der Waals surface area contributed by atoms with Gasteiger partial charge in [-0.2, -0.15) is 0 Å². The second kappa shape index (κ2) is 10.5. The fraction of sp³-hybridized carbons (Fsp3) is 0.714. The maximum absolute atomic E-state index is 11.9. The summed E-state index contributed by atoms with van der Waals surface area (Å²) in [7, 11) is 3.33. The highest BCUT2D eigenvalue weighted by molar-refractivity contribution is 5.96. The van der Waals surface area contributed by atoms with Crippen LogP contribution >= 0.6 is 0 Å². The van der Waals surface area contributed by atoms with E-state index in [1.54, 1.807) is 6.92 Å². The molecule has 0 aliphatic rings. The fourth-order valence-corrected chi connectivity index (χ4v) is 1.91. The summed E-state index contributed by atoms with van der Waals surface area (Å²) in [6.07, 6.45) is 0. The van der Waals surface area contributed by atoms with E-state index >= 15 is 0 Å². The molecule has 0 aromatic heterocycles. The summed E-state index contributed by atoms with van der Waals surface area (Å²) in [5.41, 5.74) is 0. The third-order valence-electron chi connectivity index (χ3n) is 3.17. The Morgan fingerprint density at radius 3 is 1.78 bits per heavy atom. The van der Waals surface area contributed by atoms with E-state index in [-0.39, 0.29) is 6.61 Å². The number of carbonyl (C=O) groups is 4. The van der Waals surface area contributed by atoms with Gasteiger partial charge < -0.3 is 24.3 Å². The van der Waals surface area contributed by atoms with Gasteiger partial charge in [0.05, 0.1) is 21.3 Å². The second-order valence-corrected chi connectivity index (χ2v) is 4.59. The van der Waals surface area contributed by atoms with Crippen LogP contribution in [-0.2, 0) is 38.1 Å². The van der Waals surface area contributed by atoms with Gasteiger partial charge in [0.1, 0.15) is 12.6 Å². The molecule has 0 heterocycles. The van der Waals surface area contributed by atoms with Crippen LogP contribution in [0.25, 0.3) is 0 Å². The molecule has 9 heteroatoms. The van der Waals surface area contributed by atoms with Gasteiger partial charge in [-0.15, -0.1) is 0 Å². The van der Waals surface area contributed by atoms with Crippen LogP contribution in [0.3, 0.4) is 0 Å². The van der Waals surface area contributed by atoms with Crippen molar-refractivity contribution in [3.05, 3.63) is 0 Å². The molecule has 0 bridgehead atoms. The molecule has 2 atom stereocenters. The highest BCUT2D eigenvalue weighted by Gasteiger charge is 2.42. The number of carbonyl (C=O) groups excluding carboxylic acids is 4. The van der Waals surface area contributed by atoms with Crippen molar-refractivity contribution in [2.24, 2.45) is 11.8 Å². The van der Waals surface area contributed by atoms with Crippen molar-refractivity contribution in [2.75, 3.05) is 34.5 Å². The van der Waals surface area contributed by atoms with E-state index in [4.69, 9.17) is 4.74 Å². The molecular formula is C14H23NO8. The largest absolute Gasteiger partial charge is 0.468 e. The minimum atomic E-state index is -1.39. The number of rotatable bonds is 9. The molecule has 23 heavy (non-hydrogen) atoms. The fourth-order valence-electron chi connectivity index (χ4n) is 1.91. The van der Waals surface area contributed by atoms with Gasteiger partial charge in [0.15, 0.2) is 5.92 Å². The number of hydrogen-bond acceptors (Lipinski definition) is 8. The molecule has 0 aliphatic heterocycles. The van der Waals surface area contributed by atoms with Crippen molar-refractivity contribution in [1.82, 2.24) is 5.32 Å². The molecule has 0 saturated carbocycles. The molecule has 1 N–H and O–H groups in total. The summed E-state index contributed by atoms with van der Waals surface area (Å²) in [6.45, 7) is 3.19. The Labute approximate surface area is 134 Å². The molecule has 0 saturated heterocycles. The van der Waals surface area contributed by atoms with Gasteiger partial charge in [-0.25, -0.2) is 4.79 Å². The Bertz CT molecular complexity index is 420.